The molecule has 1 N–H and O–H groups in total. The third kappa shape index (κ3) is 3.29. The van der Waals surface area contributed by atoms with Crippen LogP contribution in [0.15, 0.2) is 54.6 Å². The Bertz CT molecular complexity index is 612. The fourth-order valence-electron chi connectivity index (χ4n) is 2.43. The summed E-state index contributed by atoms with van der Waals surface area (Å²) in [6.07, 6.45) is 0.246. The zero-order valence-corrected chi connectivity index (χ0v) is 11.6. The second-order valence-electron chi connectivity index (χ2n) is 4.94. The number of benzene rings is 2. The van der Waals surface area contributed by atoms with Crippen LogP contribution in [0.1, 0.15) is 22.8 Å². The molecule has 0 saturated carbocycles. The zero-order chi connectivity index (χ0) is 14.5. The van der Waals surface area contributed by atoms with Gasteiger partial charge in [0.05, 0.1) is 13.2 Å². The molecule has 0 aromatic heterocycles. The average Bonchev–Trinajstić information content (AvgIpc) is 2.55. The van der Waals surface area contributed by atoms with Crippen LogP contribution >= 0.6 is 0 Å². The molecule has 1 aliphatic rings. The van der Waals surface area contributed by atoms with Crippen LogP contribution in [-0.2, 0) is 27.4 Å². The highest BCUT2D eigenvalue weighted by molar-refractivity contribution is 5.82. The van der Waals surface area contributed by atoms with Gasteiger partial charge in [0, 0.05) is 0 Å². The third-order valence-electron chi connectivity index (χ3n) is 3.49. The molecule has 2 aromatic rings. The largest absolute Gasteiger partial charge is 0.363 e. The molecule has 2 aromatic carbocycles. The van der Waals surface area contributed by atoms with E-state index < -0.39 is 6.10 Å². The summed E-state index contributed by atoms with van der Waals surface area (Å²) in [7, 11) is 0. The third-order valence-corrected chi connectivity index (χ3v) is 3.49. The lowest BCUT2D eigenvalue weighted by atomic mass is 9.97. The van der Waals surface area contributed by atoms with Gasteiger partial charge < -0.3 is 4.74 Å². The molecule has 0 saturated heterocycles. The second kappa shape index (κ2) is 6.52. The van der Waals surface area contributed by atoms with Crippen LogP contribution in [0, 0.1) is 0 Å². The molecule has 1 atom stereocenters. The molecule has 1 aliphatic heterocycles. The van der Waals surface area contributed by atoms with Crippen LogP contribution in [0.2, 0.25) is 0 Å². The molecule has 4 heteroatoms. The van der Waals surface area contributed by atoms with Gasteiger partial charge in [0.15, 0.2) is 6.10 Å². The molecule has 1 amide bonds. The topological polar surface area (TPSA) is 47.6 Å². The first-order valence-corrected chi connectivity index (χ1v) is 6.99. The lowest BCUT2D eigenvalue weighted by Crippen LogP contribution is -2.33. The molecule has 0 bridgehead atoms. The molecule has 1 heterocycles. The van der Waals surface area contributed by atoms with Gasteiger partial charge in [-0.2, -0.15) is 0 Å². The van der Waals surface area contributed by atoms with Gasteiger partial charge >= 0.3 is 0 Å². The van der Waals surface area contributed by atoms with E-state index in [1.807, 2.05) is 54.6 Å². The van der Waals surface area contributed by atoms with Crippen LogP contribution in [0.3, 0.4) is 0 Å². The van der Waals surface area contributed by atoms with Crippen molar-refractivity contribution in [3.05, 3.63) is 71.3 Å². The number of hydroxylamine groups is 1. The zero-order valence-electron chi connectivity index (χ0n) is 11.6. The van der Waals surface area contributed by atoms with E-state index in [4.69, 9.17) is 9.57 Å². The molecule has 0 radical (unpaired) electrons. The van der Waals surface area contributed by atoms with Crippen LogP contribution in [0.4, 0.5) is 0 Å². The maximum Gasteiger partial charge on any atom is 0.277 e. The molecule has 0 fully saturated rings. The molecule has 0 spiro atoms. The van der Waals surface area contributed by atoms with Gasteiger partial charge in [-0.3, -0.25) is 9.63 Å². The lowest BCUT2D eigenvalue weighted by Gasteiger charge is -2.24. The monoisotopic (exact) mass is 283 g/mol. The molecule has 1 unspecified atom stereocenters. The van der Waals surface area contributed by atoms with Crippen molar-refractivity contribution in [3.8, 4) is 0 Å². The molecule has 0 aliphatic carbocycles. The molecule has 3 rings (SSSR count). The van der Waals surface area contributed by atoms with E-state index in [0.717, 1.165) is 23.1 Å². The van der Waals surface area contributed by atoms with Crippen molar-refractivity contribution in [2.75, 3.05) is 6.61 Å². The minimum absolute atomic E-state index is 0.266. The van der Waals surface area contributed by atoms with Gasteiger partial charge in [-0.15, -0.1) is 0 Å². The van der Waals surface area contributed by atoms with Crippen molar-refractivity contribution in [1.29, 1.82) is 0 Å². The predicted molar refractivity (Wildman–Crippen MR) is 78.2 cm³/mol. The number of fused-ring (bicyclic) bond motifs is 1. The SMILES string of the molecule is O=C(NOCc1ccccc1)C1OCCc2ccccc21. The Morgan fingerprint density at radius 1 is 1.14 bits per heavy atom. The Balaban J connectivity index is 1.59. The highest BCUT2D eigenvalue weighted by atomic mass is 16.7. The molecular formula is C17H17NO3. The summed E-state index contributed by atoms with van der Waals surface area (Å²) in [5, 5.41) is 0. The first-order valence-electron chi connectivity index (χ1n) is 6.99. The van der Waals surface area contributed by atoms with E-state index in [-0.39, 0.29) is 5.91 Å². The van der Waals surface area contributed by atoms with E-state index in [1.54, 1.807) is 0 Å². The number of nitrogens with one attached hydrogen (secondary N) is 1. The fraction of sp³-hybridized carbons (Fsp3) is 0.235. The Kier molecular flexibility index (Phi) is 4.28. The average molecular weight is 283 g/mol. The van der Waals surface area contributed by atoms with Crippen molar-refractivity contribution in [3.63, 3.8) is 0 Å². The standard InChI is InChI=1S/C17H17NO3/c19-17(18-21-12-13-6-2-1-3-7-13)16-15-9-5-4-8-14(15)10-11-20-16/h1-9,16H,10-12H2,(H,18,19). The molecule has 4 nitrogen and oxygen atoms in total. The quantitative estimate of drug-likeness (QED) is 0.877. The summed E-state index contributed by atoms with van der Waals surface area (Å²) in [4.78, 5) is 17.5. The van der Waals surface area contributed by atoms with Gasteiger partial charge in [0.25, 0.3) is 5.91 Å². The highest BCUT2D eigenvalue weighted by Gasteiger charge is 2.27. The summed E-state index contributed by atoms with van der Waals surface area (Å²) in [6, 6.07) is 17.5. The van der Waals surface area contributed by atoms with Gasteiger partial charge in [-0.25, -0.2) is 5.48 Å². The van der Waals surface area contributed by atoms with Crippen molar-refractivity contribution in [2.45, 2.75) is 19.1 Å². The van der Waals surface area contributed by atoms with Gasteiger partial charge in [-0.05, 0) is 23.1 Å². The normalized spacial score (nSPS) is 17.0. The summed E-state index contributed by atoms with van der Waals surface area (Å²) in [5.41, 5.74) is 5.56. The number of hydrogen-bond acceptors (Lipinski definition) is 3. The number of hydrogen-bond donors (Lipinski definition) is 1. The minimum Gasteiger partial charge on any atom is -0.363 e. The minimum atomic E-state index is -0.592. The summed E-state index contributed by atoms with van der Waals surface area (Å²) >= 11 is 0. The number of amides is 1. The molecule has 108 valence electrons. The smallest absolute Gasteiger partial charge is 0.277 e. The number of carbonyl (C=O) groups is 1. The van der Waals surface area contributed by atoms with E-state index >= 15 is 0 Å². The molecule has 21 heavy (non-hydrogen) atoms. The fourth-order valence-corrected chi connectivity index (χ4v) is 2.43. The Morgan fingerprint density at radius 2 is 1.90 bits per heavy atom. The Labute approximate surface area is 123 Å². The number of rotatable bonds is 4. The van der Waals surface area contributed by atoms with Gasteiger partial charge in [-0.1, -0.05) is 54.6 Å². The van der Waals surface area contributed by atoms with E-state index in [2.05, 4.69) is 5.48 Å². The first kappa shape index (κ1) is 13.8. The van der Waals surface area contributed by atoms with E-state index in [1.165, 1.54) is 0 Å². The van der Waals surface area contributed by atoms with Gasteiger partial charge in [0.2, 0.25) is 0 Å². The van der Waals surface area contributed by atoms with Crippen LogP contribution < -0.4 is 5.48 Å². The Morgan fingerprint density at radius 3 is 2.76 bits per heavy atom. The highest BCUT2D eigenvalue weighted by Crippen LogP contribution is 2.26. The van der Waals surface area contributed by atoms with Gasteiger partial charge in [0.1, 0.15) is 0 Å². The number of ether oxygens (including phenoxy) is 1. The number of carbonyl (C=O) groups excluding carboxylic acids is 1. The summed E-state index contributed by atoms with van der Waals surface area (Å²) in [6.45, 7) is 0.884. The van der Waals surface area contributed by atoms with Crippen molar-refractivity contribution < 1.29 is 14.4 Å². The first-order chi connectivity index (χ1) is 10.3. The lowest BCUT2D eigenvalue weighted by molar-refractivity contribution is -0.148. The second-order valence-corrected chi connectivity index (χ2v) is 4.94. The summed E-state index contributed by atoms with van der Waals surface area (Å²) in [5.74, 6) is -0.266. The molecular weight excluding hydrogens is 266 g/mol. The Hall–Kier alpha value is -2.17. The van der Waals surface area contributed by atoms with Crippen LogP contribution in [0.5, 0.6) is 0 Å². The van der Waals surface area contributed by atoms with Crippen molar-refractivity contribution >= 4 is 5.91 Å². The summed E-state index contributed by atoms with van der Waals surface area (Å²) < 4.78 is 5.58. The predicted octanol–water partition coefficient (Wildman–Crippen LogP) is 2.55. The van der Waals surface area contributed by atoms with Crippen LogP contribution in [-0.4, -0.2) is 12.5 Å². The van der Waals surface area contributed by atoms with Crippen molar-refractivity contribution in [1.82, 2.24) is 5.48 Å². The maximum atomic E-state index is 12.2. The van der Waals surface area contributed by atoms with Crippen molar-refractivity contribution in [2.24, 2.45) is 0 Å². The van der Waals surface area contributed by atoms with E-state index in [9.17, 15) is 4.79 Å². The van der Waals surface area contributed by atoms with E-state index in [0.29, 0.717) is 13.2 Å². The van der Waals surface area contributed by atoms with Crippen LogP contribution in [0.25, 0.3) is 0 Å². The maximum absolute atomic E-state index is 12.2.